The van der Waals surface area contributed by atoms with Crippen molar-refractivity contribution in [2.75, 3.05) is 6.54 Å². The molecule has 2 bridgehead atoms. The van der Waals surface area contributed by atoms with E-state index in [-0.39, 0.29) is 0 Å². The Labute approximate surface area is 120 Å². The fourth-order valence-corrected chi connectivity index (χ4v) is 3.83. The minimum Gasteiger partial charge on any atom is -0.296 e. The molecule has 1 aromatic carbocycles. The molecule has 0 radical (unpaired) electrons. The molecule has 2 nitrogen and oxygen atoms in total. The molecule has 2 atom stereocenters. The highest BCUT2D eigenvalue weighted by Crippen LogP contribution is 2.38. The van der Waals surface area contributed by atoms with Crippen molar-refractivity contribution in [3.8, 4) is 0 Å². The van der Waals surface area contributed by atoms with Gasteiger partial charge in [0.2, 0.25) is 0 Å². The normalized spacial score (nSPS) is 25.2. The Kier molecular flexibility index (Phi) is 3.04. The molecule has 2 aromatic rings. The Morgan fingerprint density at radius 2 is 2.00 bits per heavy atom. The van der Waals surface area contributed by atoms with Gasteiger partial charge in [-0.2, -0.15) is 0 Å². The average molecular weight is 264 g/mol. The monoisotopic (exact) mass is 264 g/mol. The van der Waals surface area contributed by atoms with E-state index >= 15 is 0 Å². The van der Waals surface area contributed by atoms with Crippen LogP contribution in [0.4, 0.5) is 0 Å². The first kappa shape index (κ1) is 12.1. The molecule has 1 aliphatic heterocycles. The Bertz CT molecular complexity index is 593. The maximum Gasteiger partial charge on any atom is 0.0468 e. The highest BCUT2D eigenvalue weighted by atomic mass is 15.2. The molecule has 2 unspecified atom stereocenters. The van der Waals surface area contributed by atoms with Crippen LogP contribution in [0.15, 0.2) is 48.7 Å². The van der Waals surface area contributed by atoms with Crippen molar-refractivity contribution < 1.29 is 0 Å². The van der Waals surface area contributed by atoms with E-state index in [2.05, 4.69) is 52.3 Å². The van der Waals surface area contributed by atoms with Gasteiger partial charge in [0.1, 0.15) is 0 Å². The molecule has 2 heteroatoms. The van der Waals surface area contributed by atoms with Crippen LogP contribution in [0.25, 0.3) is 0 Å². The summed E-state index contributed by atoms with van der Waals surface area (Å²) < 4.78 is 0. The third kappa shape index (κ3) is 2.14. The summed E-state index contributed by atoms with van der Waals surface area (Å²) in [5, 5.41) is 0. The number of hydrogen-bond donors (Lipinski definition) is 0. The first-order valence-electron chi connectivity index (χ1n) is 7.62. The fraction of sp³-hybridized carbons (Fsp3) is 0.389. The van der Waals surface area contributed by atoms with Crippen molar-refractivity contribution in [2.45, 2.75) is 37.8 Å². The van der Waals surface area contributed by atoms with Crippen LogP contribution in [0, 0.1) is 0 Å². The van der Waals surface area contributed by atoms with Gasteiger partial charge in [-0.1, -0.05) is 36.4 Å². The average Bonchev–Trinajstić information content (AvgIpc) is 2.51. The quantitative estimate of drug-likeness (QED) is 0.826. The number of likely N-dealkylation sites (tertiary alicyclic amines) is 1. The molecule has 0 spiro atoms. The molecular formula is C18H20N2. The first-order chi connectivity index (χ1) is 9.90. The summed E-state index contributed by atoms with van der Waals surface area (Å²) in [6, 6.07) is 15.9. The molecule has 0 saturated carbocycles. The summed E-state index contributed by atoms with van der Waals surface area (Å²) in [5.41, 5.74) is 4.29. The summed E-state index contributed by atoms with van der Waals surface area (Å²) in [4.78, 5) is 7.30. The summed E-state index contributed by atoms with van der Waals surface area (Å²) in [6.07, 6.45) is 5.67. The number of fused-ring (bicyclic) bond motifs is 4. The molecular weight excluding hydrogens is 244 g/mol. The van der Waals surface area contributed by atoms with Crippen LogP contribution in [0.1, 0.15) is 35.6 Å². The summed E-state index contributed by atoms with van der Waals surface area (Å²) in [7, 11) is 0. The maximum absolute atomic E-state index is 4.63. The summed E-state index contributed by atoms with van der Waals surface area (Å²) >= 11 is 0. The van der Waals surface area contributed by atoms with Gasteiger partial charge in [0.05, 0.1) is 0 Å². The van der Waals surface area contributed by atoms with Crippen molar-refractivity contribution in [3.63, 3.8) is 0 Å². The topological polar surface area (TPSA) is 16.1 Å². The van der Waals surface area contributed by atoms with E-state index in [4.69, 9.17) is 0 Å². The Morgan fingerprint density at radius 3 is 2.90 bits per heavy atom. The SMILES string of the molecule is c1ccc(CN2CCC3CC2Cc2cccnc23)cc1. The van der Waals surface area contributed by atoms with Gasteiger partial charge in [0.15, 0.2) is 0 Å². The van der Waals surface area contributed by atoms with E-state index in [0.29, 0.717) is 12.0 Å². The second kappa shape index (κ2) is 5.02. The second-order valence-corrected chi connectivity index (χ2v) is 6.08. The fourth-order valence-electron chi connectivity index (χ4n) is 3.83. The predicted molar refractivity (Wildman–Crippen MR) is 80.6 cm³/mol. The van der Waals surface area contributed by atoms with Gasteiger partial charge in [-0.15, -0.1) is 0 Å². The number of nitrogens with zero attached hydrogens (tertiary/aromatic N) is 2. The molecule has 1 fully saturated rings. The maximum atomic E-state index is 4.63. The van der Waals surface area contributed by atoms with Gasteiger partial charge in [-0.3, -0.25) is 9.88 Å². The summed E-state index contributed by atoms with van der Waals surface area (Å²) in [6.45, 7) is 2.30. The molecule has 2 heterocycles. The van der Waals surface area contributed by atoms with Crippen LogP contribution in [-0.4, -0.2) is 22.5 Å². The number of pyridine rings is 1. The highest BCUT2D eigenvalue weighted by molar-refractivity contribution is 5.29. The number of hydrogen-bond acceptors (Lipinski definition) is 2. The largest absolute Gasteiger partial charge is 0.296 e. The standard InChI is InChI=1S/C18H20N2/c1-2-5-14(6-3-1)13-20-10-8-16-12-17(20)11-15-7-4-9-19-18(15)16/h1-7,9,16-17H,8,10-13H2. The van der Waals surface area contributed by atoms with Gasteiger partial charge in [0.25, 0.3) is 0 Å². The zero-order valence-corrected chi connectivity index (χ0v) is 11.7. The minimum absolute atomic E-state index is 0.692. The van der Waals surface area contributed by atoms with Gasteiger partial charge in [0, 0.05) is 30.4 Å². The second-order valence-electron chi connectivity index (χ2n) is 6.08. The number of benzene rings is 1. The molecule has 102 valence electrons. The Hall–Kier alpha value is -1.67. The zero-order chi connectivity index (χ0) is 13.4. The van der Waals surface area contributed by atoms with Gasteiger partial charge >= 0.3 is 0 Å². The van der Waals surface area contributed by atoms with Crippen LogP contribution in [0.5, 0.6) is 0 Å². The van der Waals surface area contributed by atoms with Gasteiger partial charge < -0.3 is 0 Å². The third-order valence-corrected chi connectivity index (χ3v) is 4.83. The molecule has 0 amide bonds. The van der Waals surface area contributed by atoms with Gasteiger partial charge in [-0.05, 0) is 43.0 Å². The highest BCUT2D eigenvalue weighted by Gasteiger charge is 2.35. The lowest BCUT2D eigenvalue weighted by atomic mass is 9.78. The molecule has 0 N–H and O–H groups in total. The van der Waals surface area contributed by atoms with E-state index in [1.165, 1.54) is 42.6 Å². The van der Waals surface area contributed by atoms with Crippen LogP contribution in [0.3, 0.4) is 0 Å². The Balaban J connectivity index is 1.56. The van der Waals surface area contributed by atoms with E-state index in [0.717, 1.165) is 6.54 Å². The van der Waals surface area contributed by atoms with Crippen molar-refractivity contribution in [1.29, 1.82) is 0 Å². The lowest BCUT2D eigenvalue weighted by Gasteiger charge is -2.43. The number of rotatable bonds is 2. The Morgan fingerprint density at radius 1 is 1.10 bits per heavy atom. The lowest BCUT2D eigenvalue weighted by Crippen LogP contribution is -2.45. The van der Waals surface area contributed by atoms with E-state index in [1.54, 1.807) is 0 Å². The molecule has 1 aliphatic carbocycles. The molecule has 20 heavy (non-hydrogen) atoms. The molecule has 2 aliphatic rings. The summed E-state index contributed by atoms with van der Waals surface area (Å²) in [5.74, 6) is 0.692. The van der Waals surface area contributed by atoms with Crippen LogP contribution < -0.4 is 0 Å². The van der Waals surface area contributed by atoms with E-state index < -0.39 is 0 Å². The van der Waals surface area contributed by atoms with Crippen molar-refractivity contribution >= 4 is 0 Å². The predicted octanol–water partition coefficient (Wildman–Crippen LogP) is 3.39. The lowest BCUT2D eigenvalue weighted by molar-refractivity contribution is 0.115. The first-order valence-corrected chi connectivity index (χ1v) is 7.62. The molecule has 1 saturated heterocycles. The zero-order valence-electron chi connectivity index (χ0n) is 11.7. The van der Waals surface area contributed by atoms with Gasteiger partial charge in [-0.25, -0.2) is 0 Å². The van der Waals surface area contributed by atoms with E-state index in [1.807, 2.05) is 6.20 Å². The number of aromatic nitrogens is 1. The van der Waals surface area contributed by atoms with E-state index in [9.17, 15) is 0 Å². The van der Waals surface area contributed by atoms with Crippen molar-refractivity contribution in [1.82, 2.24) is 9.88 Å². The third-order valence-electron chi connectivity index (χ3n) is 4.83. The van der Waals surface area contributed by atoms with Crippen LogP contribution >= 0.6 is 0 Å². The minimum atomic E-state index is 0.692. The van der Waals surface area contributed by atoms with Crippen LogP contribution in [-0.2, 0) is 13.0 Å². The smallest absolute Gasteiger partial charge is 0.0468 e. The number of piperidine rings is 1. The van der Waals surface area contributed by atoms with Crippen molar-refractivity contribution in [3.05, 3.63) is 65.5 Å². The van der Waals surface area contributed by atoms with Crippen molar-refractivity contribution in [2.24, 2.45) is 0 Å². The molecule has 1 aromatic heterocycles. The van der Waals surface area contributed by atoms with Crippen LogP contribution in [0.2, 0.25) is 0 Å². The molecule has 4 rings (SSSR count).